The third kappa shape index (κ3) is 3.68. The fourth-order valence-corrected chi connectivity index (χ4v) is 3.10. The fourth-order valence-electron chi connectivity index (χ4n) is 3.10. The smallest absolute Gasteiger partial charge is 0.134 e. The van der Waals surface area contributed by atoms with Gasteiger partial charge in [0.25, 0.3) is 0 Å². The molecule has 1 aromatic heterocycles. The second-order valence-corrected chi connectivity index (χ2v) is 6.56. The van der Waals surface area contributed by atoms with Crippen molar-refractivity contribution >= 4 is 11.0 Å². The lowest BCUT2D eigenvalue weighted by atomic mass is 10.1. The van der Waals surface area contributed by atoms with E-state index in [1.54, 1.807) is 0 Å². The summed E-state index contributed by atoms with van der Waals surface area (Å²) in [7, 11) is 0. The monoisotopic (exact) mass is 285 g/mol. The molecule has 21 heavy (non-hydrogen) atoms. The molecule has 0 aliphatic heterocycles. The van der Waals surface area contributed by atoms with Crippen LogP contribution >= 0.6 is 0 Å². The molecule has 2 aromatic rings. The van der Waals surface area contributed by atoms with Crippen LogP contribution in [0.1, 0.15) is 57.3 Å². The van der Waals surface area contributed by atoms with E-state index in [2.05, 4.69) is 43.4 Å². The minimum Gasteiger partial charge on any atom is -0.461 e. The van der Waals surface area contributed by atoms with Gasteiger partial charge in [-0.3, -0.25) is 0 Å². The molecule has 2 nitrogen and oxygen atoms in total. The van der Waals surface area contributed by atoms with Gasteiger partial charge in [-0.1, -0.05) is 44.4 Å². The van der Waals surface area contributed by atoms with E-state index in [9.17, 15) is 0 Å². The van der Waals surface area contributed by atoms with Crippen molar-refractivity contribution < 1.29 is 4.42 Å². The van der Waals surface area contributed by atoms with Crippen LogP contribution < -0.4 is 5.32 Å². The Morgan fingerprint density at radius 3 is 2.86 bits per heavy atom. The van der Waals surface area contributed by atoms with Gasteiger partial charge in [0.2, 0.25) is 0 Å². The highest BCUT2D eigenvalue weighted by molar-refractivity contribution is 5.82. The van der Waals surface area contributed by atoms with Gasteiger partial charge in [-0.25, -0.2) is 0 Å². The molecule has 1 heterocycles. The largest absolute Gasteiger partial charge is 0.461 e. The Morgan fingerprint density at radius 1 is 1.29 bits per heavy atom. The number of rotatable bonds is 8. The van der Waals surface area contributed by atoms with Crippen LogP contribution in [0.15, 0.2) is 28.7 Å². The van der Waals surface area contributed by atoms with Gasteiger partial charge < -0.3 is 9.73 Å². The van der Waals surface area contributed by atoms with Gasteiger partial charge in [-0.05, 0) is 31.7 Å². The maximum atomic E-state index is 6.09. The van der Waals surface area contributed by atoms with E-state index in [4.69, 9.17) is 4.42 Å². The average Bonchev–Trinajstić information content (AvgIpc) is 3.22. The highest BCUT2D eigenvalue weighted by Crippen LogP contribution is 2.33. The Kier molecular flexibility index (Phi) is 4.64. The van der Waals surface area contributed by atoms with E-state index in [1.165, 1.54) is 48.8 Å². The number of hydrogen-bond acceptors (Lipinski definition) is 2. The summed E-state index contributed by atoms with van der Waals surface area (Å²) in [5.74, 6) is 2.16. The highest BCUT2D eigenvalue weighted by Gasteiger charge is 2.23. The summed E-state index contributed by atoms with van der Waals surface area (Å²) in [5.41, 5.74) is 2.41. The van der Waals surface area contributed by atoms with Crippen molar-refractivity contribution in [2.45, 2.75) is 65.0 Å². The van der Waals surface area contributed by atoms with Crippen molar-refractivity contribution in [3.05, 3.63) is 35.6 Å². The molecular formula is C19H27NO. The second kappa shape index (κ2) is 6.65. The average molecular weight is 285 g/mol. The first-order chi connectivity index (χ1) is 10.3. The highest BCUT2D eigenvalue weighted by atomic mass is 16.3. The van der Waals surface area contributed by atoms with Crippen LogP contribution in [0.5, 0.6) is 0 Å². The van der Waals surface area contributed by atoms with Crippen LogP contribution in [-0.2, 0) is 13.0 Å². The molecule has 0 bridgehead atoms. The van der Waals surface area contributed by atoms with Gasteiger partial charge >= 0.3 is 0 Å². The Morgan fingerprint density at radius 2 is 2.10 bits per heavy atom. The van der Waals surface area contributed by atoms with Crippen LogP contribution in [0.25, 0.3) is 11.0 Å². The maximum Gasteiger partial charge on any atom is 0.134 e. The van der Waals surface area contributed by atoms with Crippen LogP contribution in [0.2, 0.25) is 0 Å². The predicted molar refractivity (Wildman–Crippen MR) is 88.5 cm³/mol. The molecule has 1 fully saturated rings. The molecule has 0 spiro atoms. The minimum atomic E-state index is 0.602. The number of unbranched alkanes of at least 4 members (excludes halogenated alkanes) is 1. The molecule has 1 saturated carbocycles. The third-order valence-electron chi connectivity index (χ3n) is 4.55. The fraction of sp³-hybridized carbons (Fsp3) is 0.579. The van der Waals surface area contributed by atoms with Crippen molar-refractivity contribution in [3.63, 3.8) is 0 Å². The zero-order chi connectivity index (χ0) is 14.7. The third-order valence-corrected chi connectivity index (χ3v) is 4.55. The molecule has 1 aliphatic carbocycles. The number of benzene rings is 1. The standard InChI is InChI=1S/C19H27NO/c1-3-4-8-19-17(13-20-14(2)12-15-10-11-15)16-7-5-6-9-18(16)21-19/h5-7,9,14-15,20H,3-4,8,10-13H2,1-2H3. The van der Waals surface area contributed by atoms with Gasteiger partial charge in [0.1, 0.15) is 11.3 Å². The van der Waals surface area contributed by atoms with Crippen LogP contribution in [0, 0.1) is 5.92 Å². The number of furan rings is 1. The first kappa shape index (κ1) is 14.6. The number of para-hydroxylation sites is 1. The van der Waals surface area contributed by atoms with E-state index in [0.717, 1.165) is 24.5 Å². The number of nitrogens with one attached hydrogen (secondary N) is 1. The molecule has 1 aromatic carbocycles. The number of fused-ring (bicyclic) bond motifs is 1. The van der Waals surface area contributed by atoms with Gasteiger partial charge in [0.05, 0.1) is 0 Å². The van der Waals surface area contributed by atoms with Crippen molar-refractivity contribution in [2.75, 3.05) is 0 Å². The summed E-state index contributed by atoms with van der Waals surface area (Å²) in [6.45, 7) is 5.48. The van der Waals surface area contributed by atoms with E-state index in [1.807, 2.05) is 0 Å². The van der Waals surface area contributed by atoms with Gasteiger partial charge in [0.15, 0.2) is 0 Å². The summed E-state index contributed by atoms with van der Waals surface area (Å²) >= 11 is 0. The maximum absolute atomic E-state index is 6.09. The molecule has 114 valence electrons. The van der Waals surface area contributed by atoms with Crippen LogP contribution in [-0.4, -0.2) is 6.04 Å². The normalized spacial score (nSPS) is 16.5. The minimum absolute atomic E-state index is 0.602. The van der Waals surface area contributed by atoms with Crippen LogP contribution in [0.3, 0.4) is 0 Å². The summed E-state index contributed by atoms with van der Waals surface area (Å²) in [5, 5.41) is 4.99. The zero-order valence-corrected chi connectivity index (χ0v) is 13.3. The SMILES string of the molecule is CCCCc1oc2ccccc2c1CNC(C)CC1CC1. The molecule has 3 rings (SSSR count). The molecular weight excluding hydrogens is 258 g/mol. The molecule has 2 heteroatoms. The quantitative estimate of drug-likeness (QED) is 0.734. The molecule has 1 N–H and O–H groups in total. The lowest BCUT2D eigenvalue weighted by Crippen LogP contribution is -2.26. The van der Waals surface area contributed by atoms with Gasteiger partial charge in [-0.15, -0.1) is 0 Å². The Hall–Kier alpha value is -1.28. The first-order valence-electron chi connectivity index (χ1n) is 8.50. The van der Waals surface area contributed by atoms with Gasteiger partial charge in [0, 0.05) is 30.0 Å². The number of aryl methyl sites for hydroxylation is 1. The molecule has 0 amide bonds. The Balaban J connectivity index is 1.73. The topological polar surface area (TPSA) is 25.2 Å². The van der Waals surface area contributed by atoms with E-state index in [-0.39, 0.29) is 0 Å². The Labute approximate surface area is 127 Å². The first-order valence-corrected chi connectivity index (χ1v) is 8.50. The van der Waals surface area contributed by atoms with E-state index < -0.39 is 0 Å². The predicted octanol–water partition coefficient (Wildman–Crippen LogP) is 5.05. The number of hydrogen-bond donors (Lipinski definition) is 1. The molecule has 0 radical (unpaired) electrons. The zero-order valence-electron chi connectivity index (χ0n) is 13.3. The van der Waals surface area contributed by atoms with Crippen molar-refractivity contribution in [3.8, 4) is 0 Å². The lowest BCUT2D eigenvalue weighted by Gasteiger charge is -2.13. The molecule has 0 saturated heterocycles. The van der Waals surface area contributed by atoms with Crippen LogP contribution in [0.4, 0.5) is 0 Å². The molecule has 1 unspecified atom stereocenters. The summed E-state index contributed by atoms with van der Waals surface area (Å²) < 4.78 is 6.09. The molecule has 1 aliphatic rings. The van der Waals surface area contributed by atoms with Gasteiger partial charge in [-0.2, -0.15) is 0 Å². The second-order valence-electron chi connectivity index (χ2n) is 6.56. The van der Waals surface area contributed by atoms with E-state index >= 15 is 0 Å². The van der Waals surface area contributed by atoms with E-state index in [0.29, 0.717) is 6.04 Å². The van der Waals surface area contributed by atoms with Crippen molar-refractivity contribution in [1.29, 1.82) is 0 Å². The molecule has 1 atom stereocenters. The Bertz CT molecular complexity index is 582. The summed E-state index contributed by atoms with van der Waals surface area (Å²) in [6, 6.07) is 9.05. The van der Waals surface area contributed by atoms with Crippen molar-refractivity contribution in [1.82, 2.24) is 5.32 Å². The van der Waals surface area contributed by atoms with Crippen molar-refractivity contribution in [2.24, 2.45) is 5.92 Å². The summed E-state index contributed by atoms with van der Waals surface area (Å²) in [4.78, 5) is 0. The summed E-state index contributed by atoms with van der Waals surface area (Å²) in [6.07, 6.45) is 7.65. The lowest BCUT2D eigenvalue weighted by molar-refractivity contribution is 0.477.